The first-order valence-electron chi connectivity index (χ1n) is 7.88. The maximum absolute atomic E-state index is 12.1. The third kappa shape index (κ3) is 4.29. The Labute approximate surface area is 149 Å². The van der Waals surface area contributed by atoms with Crippen molar-refractivity contribution in [2.24, 2.45) is 0 Å². The molecule has 0 unspecified atom stereocenters. The zero-order chi connectivity index (χ0) is 18.4. The number of carbonyl (C=O) groups excluding carboxylic acids is 2. The van der Waals surface area contributed by atoms with Crippen LogP contribution in [-0.2, 0) is 16.0 Å². The van der Waals surface area contributed by atoms with Crippen LogP contribution in [-0.4, -0.2) is 34.2 Å². The second kappa shape index (κ2) is 8.02. The van der Waals surface area contributed by atoms with Crippen molar-refractivity contribution in [3.63, 3.8) is 0 Å². The van der Waals surface area contributed by atoms with Crippen molar-refractivity contribution in [3.8, 4) is 11.6 Å². The van der Waals surface area contributed by atoms with Crippen LogP contribution in [0.15, 0.2) is 53.1 Å². The van der Waals surface area contributed by atoms with Crippen molar-refractivity contribution in [2.45, 2.75) is 12.8 Å². The Kier molecular flexibility index (Phi) is 5.33. The van der Waals surface area contributed by atoms with Crippen LogP contribution in [0, 0.1) is 0 Å². The van der Waals surface area contributed by atoms with Gasteiger partial charge in [0.05, 0.1) is 12.7 Å². The predicted octanol–water partition coefficient (Wildman–Crippen LogP) is 2.49. The minimum Gasteiger partial charge on any atom is -0.465 e. The molecule has 0 aliphatic rings. The van der Waals surface area contributed by atoms with Crippen LogP contribution in [0.5, 0.6) is 0 Å². The van der Waals surface area contributed by atoms with Gasteiger partial charge in [0.15, 0.2) is 0 Å². The summed E-state index contributed by atoms with van der Waals surface area (Å²) in [5.41, 5.74) is 1.45. The number of nitrogens with zero attached hydrogens (tertiary/aromatic N) is 3. The predicted molar refractivity (Wildman–Crippen MR) is 92.3 cm³/mol. The summed E-state index contributed by atoms with van der Waals surface area (Å²) in [6.07, 6.45) is 2.09. The van der Waals surface area contributed by atoms with Gasteiger partial charge in [0.25, 0.3) is 5.89 Å². The molecule has 8 heteroatoms. The van der Waals surface area contributed by atoms with Gasteiger partial charge in [0.1, 0.15) is 5.69 Å². The van der Waals surface area contributed by atoms with Crippen molar-refractivity contribution in [3.05, 3.63) is 60.1 Å². The van der Waals surface area contributed by atoms with Crippen molar-refractivity contribution in [2.75, 3.05) is 12.4 Å². The smallest absolute Gasteiger partial charge is 0.337 e. The summed E-state index contributed by atoms with van der Waals surface area (Å²) in [6.45, 7) is 0. The van der Waals surface area contributed by atoms with Gasteiger partial charge in [-0.1, -0.05) is 12.1 Å². The molecule has 0 bridgehead atoms. The molecule has 1 N–H and O–H groups in total. The van der Waals surface area contributed by atoms with E-state index in [-0.39, 0.29) is 12.3 Å². The van der Waals surface area contributed by atoms with Crippen LogP contribution >= 0.6 is 0 Å². The minimum absolute atomic E-state index is 0.159. The van der Waals surface area contributed by atoms with E-state index in [1.165, 1.54) is 7.11 Å². The minimum atomic E-state index is -0.464. The molecule has 0 radical (unpaired) electrons. The van der Waals surface area contributed by atoms with Crippen molar-refractivity contribution < 1.29 is 18.7 Å². The number of rotatable bonds is 6. The van der Waals surface area contributed by atoms with Crippen LogP contribution in [0.2, 0.25) is 0 Å². The molecular weight excluding hydrogens is 336 g/mol. The third-order valence-electron chi connectivity index (χ3n) is 3.48. The van der Waals surface area contributed by atoms with Crippen molar-refractivity contribution >= 4 is 17.6 Å². The molecule has 0 atom stereocenters. The summed E-state index contributed by atoms with van der Waals surface area (Å²) in [6, 6.07) is 11.9. The van der Waals surface area contributed by atoms with E-state index in [9.17, 15) is 9.59 Å². The van der Waals surface area contributed by atoms with E-state index in [1.807, 2.05) is 6.07 Å². The van der Waals surface area contributed by atoms with Gasteiger partial charge in [-0.2, -0.15) is 0 Å². The SMILES string of the molecule is COC(=O)c1cccc(NC(=O)CCc2nnc(-c3ccccn3)o2)c1. The number of amides is 1. The van der Waals surface area contributed by atoms with Crippen molar-refractivity contribution in [1.29, 1.82) is 0 Å². The fraction of sp³-hybridized carbons (Fsp3) is 0.167. The summed E-state index contributed by atoms with van der Waals surface area (Å²) in [5, 5.41) is 10.6. The molecule has 0 aliphatic carbocycles. The lowest BCUT2D eigenvalue weighted by atomic mass is 10.2. The van der Waals surface area contributed by atoms with Gasteiger partial charge in [-0.05, 0) is 30.3 Å². The van der Waals surface area contributed by atoms with E-state index >= 15 is 0 Å². The Morgan fingerprint density at radius 2 is 2.04 bits per heavy atom. The van der Waals surface area contributed by atoms with Crippen molar-refractivity contribution in [1.82, 2.24) is 15.2 Å². The Balaban J connectivity index is 1.56. The number of aromatic nitrogens is 3. The molecular formula is C18H16N4O4. The van der Waals surface area contributed by atoms with Crippen LogP contribution in [0.4, 0.5) is 5.69 Å². The Hall–Kier alpha value is -3.55. The number of ether oxygens (including phenoxy) is 1. The molecule has 1 amide bonds. The number of esters is 1. The second-order valence-electron chi connectivity index (χ2n) is 5.34. The molecule has 26 heavy (non-hydrogen) atoms. The van der Waals surface area contributed by atoms with E-state index in [0.717, 1.165) is 0 Å². The monoisotopic (exact) mass is 352 g/mol. The molecule has 1 aromatic carbocycles. The number of methoxy groups -OCH3 is 1. The largest absolute Gasteiger partial charge is 0.465 e. The normalized spacial score (nSPS) is 10.3. The maximum atomic E-state index is 12.1. The highest BCUT2D eigenvalue weighted by atomic mass is 16.5. The number of benzene rings is 1. The Bertz CT molecular complexity index is 908. The van der Waals surface area contributed by atoms with Gasteiger partial charge < -0.3 is 14.5 Å². The Morgan fingerprint density at radius 1 is 1.15 bits per heavy atom. The molecule has 0 fully saturated rings. The van der Waals surface area contributed by atoms with E-state index in [2.05, 4.69) is 25.2 Å². The highest BCUT2D eigenvalue weighted by Crippen LogP contribution is 2.16. The average Bonchev–Trinajstić information content (AvgIpc) is 3.16. The van der Waals surface area contributed by atoms with Gasteiger partial charge >= 0.3 is 5.97 Å². The number of carbonyl (C=O) groups is 2. The number of aryl methyl sites for hydroxylation is 1. The standard InChI is InChI=1S/C18H16N4O4/c1-25-18(24)12-5-4-6-13(11-12)20-15(23)8-9-16-21-22-17(26-16)14-7-2-3-10-19-14/h2-7,10-11H,8-9H2,1H3,(H,20,23). The number of pyridine rings is 1. The summed E-state index contributed by atoms with van der Waals surface area (Å²) in [5.74, 6) is -0.0329. The highest BCUT2D eigenvalue weighted by Gasteiger charge is 2.12. The molecule has 3 rings (SSSR count). The highest BCUT2D eigenvalue weighted by molar-refractivity contribution is 5.94. The third-order valence-corrected chi connectivity index (χ3v) is 3.48. The topological polar surface area (TPSA) is 107 Å². The molecule has 132 valence electrons. The van der Waals surface area contributed by atoms with Gasteiger partial charge in [-0.25, -0.2) is 4.79 Å². The summed E-state index contributed by atoms with van der Waals surface area (Å²) >= 11 is 0. The summed E-state index contributed by atoms with van der Waals surface area (Å²) in [4.78, 5) is 27.7. The molecule has 0 saturated heterocycles. The van der Waals surface area contributed by atoms with Gasteiger partial charge in [-0.3, -0.25) is 9.78 Å². The second-order valence-corrected chi connectivity index (χ2v) is 5.34. The first-order chi connectivity index (χ1) is 12.7. The number of anilines is 1. The number of hydrogen-bond donors (Lipinski definition) is 1. The zero-order valence-corrected chi connectivity index (χ0v) is 14.0. The molecule has 0 aliphatic heterocycles. The van der Waals surface area contributed by atoms with E-state index < -0.39 is 5.97 Å². The number of nitrogens with one attached hydrogen (secondary N) is 1. The summed E-state index contributed by atoms with van der Waals surface area (Å²) in [7, 11) is 1.30. The van der Waals surface area contributed by atoms with Crippen LogP contribution in [0.1, 0.15) is 22.7 Å². The lowest BCUT2D eigenvalue weighted by molar-refractivity contribution is -0.116. The Morgan fingerprint density at radius 3 is 2.81 bits per heavy atom. The van der Waals surface area contributed by atoms with E-state index in [0.29, 0.717) is 35.1 Å². The molecule has 0 spiro atoms. The number of hydrogen-bond acceptors (Lipinski definition) is 7. The first-order valence-corrected chi connectivity index (χ1v) is 7.88. The molecule has 3 aromatic rings. The lowest BCUT2D eigenvalue weighted by Crippen LogP contribution is -2.13. The lowest BCUT2D eigenvalue weighted by Gasteiger charge is -2.06. The molecule has 8 nitrogen and oxygen atoms in total. The zero-order valence-electron chi connectivity index (χ0n) is 14.0. The maximum Gasteiger partial charge on any atom is 0.337 e. The molecule has 0 saturated carbocycles. The molecule has 2 heterocycles. The average molecular weight is 352 g/mol. The van der Waals surface area contributed by atoms with E-state index in [1.54, 1.807) is 42.6 Å². The fourth-order valence-corrected chi connectivity index (χ4v) is 2.23. The summed E-state index contributed by atoms with van der Waals surface area (Å²) < 4.78 is 10.2. The fourth-order valence-electron chi connectivity index (χ4n) is 2.23. The quantitative estimate of drug-likeness (QED) is 0.679. The van der Waals surface area contributed by atoms with Gasteiger partial charge in [0.2, 0.25) is 11.8 Å². The van der Waals surface area contributed by atoms with Gasteiger partial charge in [-0.15, -0.1) is 10.2 Å². The van der Waals surface area contributed by atoms with E-state index in [4.69, 9.17) is 4.42 Å². The van der Waals surface area contributed by atoms with Crippen LogP contribution in [0.25, 0.3) is 11.6 Å². The van der Waals surface area contributed by atoms with Gasteiger partial charge in [0, 0.05) is 24.7 Å². The first kappa shape index (κ1) is 17.3. The molecule has 2 aromatic heterocycles. The van der Waals surface area contributed by atoms with Crippen LogP contribution in [0.3, 0.4) is 0 Å². The van der Waals surface area contributed by atoms with Crippen LogP contribution < -0.4 is 5.32 Å².